The minimum absolute atomic E-state index is 0.0842. The van der Waals surface area contributed by atoms with Gasteiger partial charge in [0.25, 0.3) is 0 Å². The van der Waals surface area contributed by atoms with Crippen LogP contribution in [0.25, 0.3) is 0 Å². The summed E-state index contributed by atoms with van der Waals surface area (Å²) in [6, 6.07) is 0. The van der Waals surface area contributed by atoms with Crippen molar-refractivity contribution >= 4 is 11.8 Å². The summed E-state index contributed by atoms with van der Waals surface area (Å²) in [6.07, 6.45) is 2.62. The Hall–Kier alpha value is -0.860. The van der Waals surface area contributed by atoms with Gasteiger partial charge < -0.3 is 4.74 Å². The Morgan fingerprint density at radius 1 is 1.31 bits per heavy atom. The Morgan fingerprint density at radius 3 is 2.46 bits per heavy atom. The van der Waals surface area contributed by atoms with Crippen molar-refractivity contribution in [1.82, 2.24) is 0 Å². The van der Waals surface area contributed by atoms with Gasteiger partial charge in [-0.25, -0.2) is 0 Å². The van der Waals surface area contributed by atoms with E-state index in [4.69, 9.17) is 4.74 Å². The van der Waals surface area contributed by atoms with Crippen LogP contribution < -0.4 is 0 Å². The van der Waals surface area contributed by atoms with Gasteiger partial charge in [-0.3, -0.25) is 9.59 Å². The summed E-state index contributed by atoms with van der Waals surface area (Å²) in [6.45, 7) is 3.75. The molecular weight excluding hydrogens is 168 g/mol. The Balaban J connectivity index is 2.57. The molecule has 0 radical (unpaired) electrons. The normalized spacial score (nSPS) is 27.2. The number of Topliss-reactive ketones (excluding diaryl/α,β-unsaturated/α-hetero) is 1. The first-order valence-electron chi connectivity index (χ1n) is 4.84. The molecule has 2 atom stereocenters. The van der Waals surface area contributed by atoms with E-state index in [2.05, 4.69) is 0 Å². The Morgan fingerprint density at radius 2 is 1.92 bits per heavy atom. The van der Waals surface area contributed by atoms with Crippen LogP contribution >= 0.6 is 0 Å². The molecular formula is C10H16O3. The van der Waals surface area contributed by atoms with Gasteiger partial charge in [0.1, 0.15) is 5.78 Å². The van der Waals surface area contributed by atoms with Crippen molar-refractivity contribution in [3.8, 4) is 0 Å². The molecule has 1 rings (SSSR count). The molecule has 3 nitrogen and oxygen atoms in total. The van der Waals surface area contributed by atoms with E-state index in [9.17, 15) is 9.59 Å². The molecule has 1 aliphatic carbocycles. The standard InChI is InChI=1S/C10H16O3/c1-3-13-10(12)9-6-4-5-8(9)7(2)11/h8-9H,3-6H2,1-2H3/t8-,9+/m0/s1. The van der Waals surface area contributed by atoms with Gasteiger partial charge in [0.15, 0.2) is 0 Å². The summed E-state index contributed by atoms with van der Waals surface area (Å²) < 4.78 is 4.92. The van der Waals surface area contributed by atoms with Gasteiger partial charge in [-0.15, -0.1) is 0 Å². The highest BCUT2D eigenvalue weighted by Gasteiger charge is 2.36. The summed E-state index contributed by atoms with van der Waals surface area (Å²) in [5.41, 5.74) is 0. The number of esters is 1. The van der Waals surface area contributed by atoms with E-state index >= 15 is 0 Å². The molecule has 0 aliphatic heterocycles. The molecule has 1 aliphatic rings. The zero-order valence-corrected chi connectivity index (χ0v) is 8.21. The van der Waals surface area contributed by atoms with Crippen molar-refractivity contribution in [1.29, 1.82) is 0 Å². The predicted molar refractivity (Wildman–Crippen MR) is 48.1 cm³/mol. The second-order valence-corrected chi connectivity index (χ2v) is 3.51. The number of ketones is 1. The quantitative estimate of drug-likeness (QED) is 0.625. The number of carbonyl (C=O) groups is 2. The smallest absolute Gasteiger partial charge is 0.309 e. The summed E-state index contributed by atoms with van der Waals surface area (Å²) in [5.74, 6) is -0.327. The highest BCUT2D eigenvalue weighted by molar-refractivity contribution is 5.85. The molecule has 0 bridgehead atoms. The molecule has 0 aromatic heterocycles. The SMILES string of the molecule is CCOC(=O)[C@@H]1CCC[C@H]1C(C)=O. The molecule has 0 saturated heterocycles. The van der Waals surface area contributed by atoms with E-state index in [0.717, 1.165) is 19.3 Å². The number of carbonyl (C=O) groups excluding carboxylic acids is 2. The van der Waals surface area contributed by atoms with E-state index in [-0.39, 0.29) is 23.6 Å². The fourth-order valence-electron chi connectivity index (χ4n) is 1.98. The molecule has 1 fully saturated rings. The molecule has 0 aromatic carbocycles. The maximum Gasteiger partial charge on any atom is 0.309 e. The lowest BCUT2D eigenvalue weighted by molar-refractivity contribution is -0.151. The Labute approximate surface area is 78.5 Å². The third kappa shape index (κ3) is 2.29. The minimum Gasteiger partial charge on any atom is -0.466 e. The fourth-order valence-corrected chi connectivity index (χ4v) is 1.98. The minimum atomic E-state index is -0.194. The van der Waals surface area contributed by atoms with Crippen molar-refractivity contribution in [3.05, 3.63) is 0 Å². The number of hydrogen-bond donors (Lipinski definition) is 0. The van der Waals surface area contributed by atoms with Crippen molar-refractivity contribution in [2.24, 2.45) is 11.8 Å². The van der Waals surface area contributed by atoms with Crippen molar-refractivity contribution < 1.29 is 14.3 Å². The van der Waals surface area contributed by atoms with Crippen LogP contribution in [0.2, 0.25) is 0 Å². The highest BCUT2D eigenvalue weighted by Crippen LogP contribution is 2.33. The maximum absolute atomic E-state index is 11.4. The Kier molecular flexibility index (Phi) is 3.46. The van der Waals surface area contributed by atoms with Crippen LogP contribution in [0.4, 0.5) is 0 Å². The van der Waals surface area contributed by atoms with Crippen LogP contribution in [0, 0.1) is 11.8 Å². The van der Waals surface area contributed by atoms with Gasteiger partial charge in [-0.1, -0.05) is 6.42 Å². The van der Waals surface area contributed by atoms with E-state index < -0.39 is 0 Å². The molecule has 74 valence electrons. The van der Waals surface area contributed by atoms with Gasteiger partial charge in [-0.05, 0) is 26.7 Å². The maximum atomic E-state index is 11.4. The average molecular weight is 184 g/mol. The first-order chi connectivity index (χ1) is 6.16. The predicted octanol–water partition coefficient (Wildman–Crippen LogP) is 1.55. The van der Waals surface area contributed by atoms with Crippen LogP contribution in [0.5, 0.6) is 0 Å². The second kappa shape index (κ2) is 4.40. The van der Waals surface area contributed by atoms with Gasteiger partial charge in [-0.2, -0.15) is 0 Å². The number of rotatable bonds is 3. The fraction of sp³-hybridized carbons (Fsp3) is 0.800. The highest BCUT2D eigenvalue weighted by atomic mass is 16.5. The van der Waals surface area contributed by atoms with Crippen molar-refractivity contribution in [2.45, 2.75) is 33.1 Å². The first kappa shape index (κ1) is 10.2. The summed E-state index contributed by atoms with van der Waals surface area (Å²) in [5, 5.41) is 0. The molecule has 0 N–H and O–H groups in total. The third-order valence-corrected chi connectivity index (χ3v) is 2.63. The lowest BCUT2D eigenvalue weighted by atomic mass is 9.93. The lowest BCUT2D eigenvalue weighted by Gasteiger charge is -2.14. The average Bonchev–Trinajstić information content (AvgIpc) is 2.52. The van der Waals surface area contributed by atoms with E-state index in [1.54, 1.807) is 13.8 Å². The lowest BCUT2D eigenvalue weighted by Crippen LogP contribution is -2.25. The molecule has 0 amide bonds. The summed E-state index contributed by atoms with van der Waals surface area (Å²) >= 11 is 0. The largest absolute Gasteiger partial charge is 0.466 e. The monoisotopic (exact) mass is 184 g/mol. The molecule has 13 heavy (non-hydrogen) atoms. The van der Waals surface area contributed by atoms with Crippen LogP contribution in [-0.4, -0.2) is 18.4 Å². The molecule has 0 unspecified atom stereocenters. The van der Waals surface area contributed by atoms with Gasteiger partial charge in [0.05, 0.1) is 12.5 Å². The topological polar surface area (TPSA) is 43.4 Å². The van der Waals surface area contributed by atoms with Crippen LogP contribution in [0.1, 0.15) is 33.1 Å². The van der Waals surface area contributed by atoms with Crippen LogP contribution in [0.3, 0.4) is 0 Å². The van der Waals surface area contributed by atoms with Crippen molar-refractivity contribution in [2.75, 3.05) is 6.61 Å². The number of ether oxygens (including phenoxy) is 1. The van der Waals surface area contributed by atoms with Gasteiger partial charge >= 0.3 is 5.97 Å². The van der Waals surface area contributed by atoms with Gasteiger partial charge in [0.2, 0.25) is 0 Å². The summed E-state index contributed by atoms with van der Waals surface area (Å²) in [7, 11) is 0. The Bertz CT molecular complexity index is 210. The molecule has 3 heteroatoms. The first-order valence-corrected chi connectivity index (χ1v) is 4.84. The zero-order chi connectivity index (χ0) is 9.84. The van der Waals surface area contributed by atoms with Crippen LogP contribution in [-0.2, 0) is 14.3 Å². The molecule has 0 heterocycles. The number of hydrogen-bond acceptors (Lipinski definition) is 3. The third-order valence-electron chi connectivity index (χ3n) is 2.63. The van der Waals surface area contributed by atoms with Crippen molar-refractivity contribution in [3.63, 3.8) is 0 Å². The zero-order valence-electron chi connectivity index (χ0n) is 8.21. The molecule has 0 aromatic rings. The van der Waals surface area contributed by atoms with Gasteiger partial charge in [0, 0.05) is 5.92 Å². The van der Waals surface area contributed by atoms with E-state index in [1.165, 1.54) is 0 Å². The molecule has 0 spiro atoms. The van der Waals surface area contributed by atoms with E-state index in [0.29, 0.717) is 6.61 Å². The van der Waals surface area contributed by atoms with E-state index in [1.807, 2.05) is 0 Å². The second-order valence-electron chi connectivity index (χ2n) is 3.51. The summed E-state index contributed by atoms with van der Waals surface area (Å²) in [4.78, 5) is 22.5. The molecule has 1 saturated carbocycles. The van der Waals surface area contributed by atoms with Crippen LogP contribution in [0.15, 0.2) is 0 Å².